The van der Waals surface area contributed by atoms with E-state index < -0.39 is 0 Å². The van der Waals surface area contributed by atoms with Gasteiger partial charge in [0, 0.05) is 14.9 Å². The molecular weight excluding hydrogens is 331 g/mol. The van der Waals surface area contributed by atoms with Gasteiger partial charge in [-0.25, -0.2) is 0 Å². The molecule has 1 fully saturated rings. The Hall–Kier alpha value is 0.280. The van der Waals surface area contributed by atoms with E-state index in [-0.39, 0.29) is 0 Å². The van der Waals surface area contributed by atoms with E-state index >= 15 is 0 Å². The van der Waals surface area contributed by atoms with Gasteiger partial charge in [0.2, 0.25) is 0 Å². The molecule has 2 rings (SSSR count). The Labute approximate surface area is 128 Å². The highest BCUT2D eigenvalue weighted by Gasteiger charge is 2.17. The number of hydrogen-bond acceptors (Lipinski definition) is 0. The molecule has 0 bridgehead atoms. The van der Waals surface area contributed by atoms with Crippen molar-refractivity contribution in [3.63, 3.8) is 0 Å². The number of benzene rings is 1. The largest absolute Gasteiger partial charge is 0.0843 e. The van der Waals surface area contributed by atoms with E-state index in [9.17, 15) is 0 Å². The quantitative estimate of drug-likeness (QED) is 0.525. The van der Waals surface area contributed by atoms with Crippen LogP contribution < -0.4 is 0 Å². The Morgan fingerprint density at radius 3 is 2.56 bits per heavy atom. The summed E-state index contributed by atoms with van der Waals surface area (Å²) in [6.45, 7) is 0. The zero-order valence-corrected chi connectivity index (χ0v) is 13.6. The highest BCUT2D eigenvalue weighted by atomic mass is 79.9. The third-order valence-corrected chi connectivity index (χ3v) is 5.37. The standard InChI is InChI=1S/C15H19BrCl2/c16-14(9-6-11-4-2-1-3-5-11)13-8-7-12(17)10-15(13)18/h7-8,10-11,14H,1-6,9H2. The van der Waals surface area contributed by atoms with Gasteiger partial charge in [-0.3, -0.25) is 0 Å². The average Bonchev–Trinajstić information content (AvgIpc) is 2.37. The Morgan fingerprint density at radius 2 is 1.89 bits per heavy atom. The van der Waals surface area contributed by atoms with Gasteiger partial charge >= 0.3 is 0 Å². The van der Waals surface area contributed by atoms with Gasteiger partial charge in [-0.15, -0.1) is 0 Å². The highest BCUT2D eigenvalue weighted by molar-refractivity contribution is 9.09. The number of hydrogen-bond donors (Lipinski definition) is 0. The van der Waals surface area contributed by atoms with E-state index in [0.29, 0.717) is 9.85 Å². The molecule has 0 heterocycles. The van der Waals surface area contributed by atoms with Crippen LogP contribution in [0.3, 0.4) is 0 Å². The van der Waals surface area contributed by atoms with E-state index in [4.69, 9.17) is 23.2 Å². The summed E-state index contributed by atoms with van der Waals surface area (Å²) in [4.78, 5) is 0.351. The summed E-state index contributed by atoms with van der Waals surface area (Å²) in [6.07, 6.45) is 9.54. The van der Waals surface area contributed by atoms with Crippen molar-refractivity contribution in [2.75, 3.05) is 0 Å². The van der Waals surface area contributed by atoms with Crippen LogP contribution in [0.4, 0.5) is 0 Å². The fourth-order valence-electron chi connectivity index (χ4n) is 2.77. The third-order valence-electron chi connectivity index (χ3n) is 3.85. The van der Waals surface area contributed by atoms with E-state index in [1.54, 1.807) is 0 Å². The van der Waals surface area contributed by atoms with Gasteiger partial charge in [-0.1, -0.05) is 77.3 Å². The van der Waals surface area contributed by atoms with Crippen molar-refractivity contribution in [2.45, 2.75) is 49.8 Å². The summed E-state index contributed by atoms with van der Waals surface area (Å²) in [6, 6.07) is 5.77. The molecule has 0 radical (unpaired) electrons. The molecule has 0 aromatic heterocycles. The van der Waals surface area contributed by atoms with Crippen molar-refractivity contribution >= 4 is 39.1 Å². The van der Waals surface area contributed by atoms with E-state index in [1.165, 1.54) is 38.5 Å². The lowest BCUT2D eigenvalue weighted by Gasteiger charge is -2.22. The zero-order chi connectivity index (χ0) is 13.0. The first-order chi connectivity index (χ1) is 8.66. The van der Waals surface area contributed by atoms with E-state index in [1.807, 2.05) is 18.2 Å². The molecule has 100 valence electrons. The maximum atomic E-state index is 6.23. The highest BCUT2D eigenvalue weighted by Crippen LogP contribution is 2.37. The van der Waals surface area contributed by atoms with Crippen LogP contribution in [0.1, 0.15) is 55.3 Å². The molecule has 1 aliphatic carbocycles. The van der Waals surface area contributed by atoms with Gasteiger partial charge in [0.1, 0.15) is 0 Å². The first kappa shape index (κ1) is 14.7. The summed E-state index contributed by atoms with van der Waals surface area (Å²) in [5, 5.41) is 1.48. The van der Waals surface area contributed by atoms with Crippen LogP contribution in [0, 0.1) is 5.92 Å². The monoisotopic (exact) mass is 348 g/mol. The smallest absolute Gasteiger partial charge is 0.0464 e. The molecule has 18 heavy (non-hydrogen) atoms. The predicted molar refractivity (Wildman–Crippen MR) is 83.9 cm³/mol. The normalized spacial score (nSPS) is 18.8. The van der Waals surface area contributed by atoms with Crippen molar-refractivity contribution in [1.82, 2.24) is 0 Å². The van der Waals surface area contributed by atoms with E-state index in [2.05, 4.69) is 15.9 Å². The molecule has 0 aliphatic heterocycles. The summed E-state index contributed by atoms with van der Waals surface area (Å²) in [5.41, 5.74) is 1.16. The topological polar surface area (TPSA) is 0 Å². The first-order valence-electron chi connectivity index (χ1n) is 6.76. The number of rotatable bonds is 4. The second-order valence-electron chi connectivity index (χ2n) is 5.21. The van der Waals surface area contributed by atoms with Gasteiger partial charge < -0.3 is 0 Å². The van der Waals surface area contributed by atoms with Crippen molar-refractivity contribution in [3.05, 3.63) is 33.8 Å². The van der Waals surface area contributed by atoms with Crippen molar-refractivity contribution in [1.29, 1.82) is 0 Å². The second kappa shape index (κ2) is 7.17. The maximum absolute atomic E-state index is 6.23. The van der Waals surface area contributed by atoms with Crippen molar-refractivity contribution in [2.24, 2.45) is 5.92 Å². The van der Waals surface area contributed by atoms with Crippen LogP contribution in [-0.2, 0) is 0 Å². The maximum Gasteiger partial charge on any atom is 0.0464 e. The summed E-state index contributed by atoms with van der Waals surface area (Å²) in [7, 11) is 0. The number of alkyl halides is 1. The molecule has 0 nitrogen and oxygen atoms in total. The molecule has 0 saturated heterocycles. The molecule has 3 heteroatoms. The minimum Gasteiger partial charge on any atom is -0.0843 e. The van der Waals surface area contributed by atoms with Gasteiger partial charge in [0.05, 0.1) is 0 Å². The Balaban J connectivity index is 1.88. The summed E-state index contributed by atoms with van der Waals surface area (Å²) in [5.74, 6) is 0.921. The van der Waals surface area contributed by atoms with Crippen LogP contribution in [0.2, 0.25) is 10.0 Å². The minimum atomic E-state index is 0.351. The van der Waals surface area contributed by atoms with Crippen LogP contribution >= 0.6 is 39.1 Å². The Morgan fingerprint density at radius 1 is 1.17 bits per heavy atom. The number of halogens is 3. The van der Waals surface area contributed by atoms with Gasteiger partial charge in [-0.05, 0) is 36.5 Å². The minimum absolute atomic E-state index is 0.351. The SMILES string of the molecule is Clc1ccc(C(Br)CCC2CCCCC2)c(Cl)c1. The molecule has 1 aliphatic rings. The molecule has 1 aromatic rings. The lowest BCUT2D eigenvalue weighted by Crippen LogP contribution is -2.07. The Kier molecular flexibility index (Phi) is 5.85. The summed E-state index contributed by atoms with van der Waals surface area (Å²) < 4.78 is 0. The molecule has 0 spiro atoms. The zero-order valence-electron chi connectivity index (χ0n) is 10.5. The molecular formula is C15H19BrCl2. The molecule has 1 saturated carbocycles. The molecule has 1 atom stereocenters. The first-order valence-corrected chi connectivity index (χ1v) is 8.43. The van der Waals surface area contributed by atoms with Crippen LogP contribution in [0.15, 0.2) is 18.2 Å². The molecule has 0 N–H and O–H groups in total. The molecule has 1 aromatic carbocycles. The summed E-state index contributed by atoms with van der Waals surface area (Å²) >= 11 is 15.9. The van der Waals surface area contributed by atoms with Crippen LogP contribution in [0.5, 0.6) is 0 Å². The van der Waals surface area contributed by atoms with Crippen molar-refractivity contribution < 1.29 is 0 Å². The fraction of sp³-hybridized carbons (Fsp3) is 0.600. The van der Waals surface area contributed by atoms with E-state index in [0.717, 1.165) is 22.9 Å². The average molecular weight is 350 g/mol. The lowest BCUT2D eigenvalue weighted by molar-refractivity contribution is 0.332. The third kappa shape index (κ3) is 4.15. The van der Waals surface area contributed by atoms with Gasteiger partial charge in [0.15, 0.2) is 0 Å². The van der Waals surface area contributed by atoms with Gasteiger partial charge in [-0.2, -0.15) is 0 Å². The molecule has 1 unspecified atom stereocenters. The predicted octanol–water partition coefficient (Wildman–Crippen LogP) is 6.79. The molecule has 0 amide bonds. The van der Waals surface area contributed by atoms with Crippen LogP contribution in [-0.4, -0.2) is 0 Å². The lowest BCUT2D eigenvalue weighted by atomic mass is 9.85. The van der Waals surface area contributed by atoms with Crippen LogP contribution in [0.25, 0.3) is 0 Å². The van der Waals surface area contributed by atoms with Crippen molar-refractivity contribution in [3.8, 4) is 0 Å². The van der Waals surface area contributed by atoms with Gasteiger partial charge in [0.25, 0.3) is 0 Å². The Bertz CT molecular complexity index is 386. The second-order valence-corrected chi connectivity index (χ2v) is 7.16. The fourth-order valence-corrected chi connectivity index (χ4v) is 4.10.